The average molecular weight is 372 g/mol. The quantitative estimate of drug-likeness (QED) is 0.654. The van der Waals surface area contributed by atoms with Gasteiger partial charge in [0.05, 0.1) is 15.7 Å². The van der Waals surface area contributed by atoms with Crippen LogP contribution in [0.1, 0.15) is 24.8 Å². The number of nitrogens with zero attached hydrogens (tertiary/aromatic N) is 2. The molecule has 0 aliphatic heterocycles. The zero-order valence-corrected chi connectivity index (χ0v) is 15.2. The summed E-state index contributed by atoms with van der Waals surface area (Å²) in [7, 11) is 0. The van der Waals surface area contributed by atoms with Crippen LogP contribution in [0.4, 0.5) is 10.5 Å². The highest BCUT2D eigenvalue weighted by Gasteiger charge is 2.29. The number of carbonyl (C=O) groups is 1. The van der Waals surface area contributed by atoms with Crippen LogP contribution >= 0.6 is 22.9 Å². The van der Waals surface area contributed by atoms with Crippen LogP contribution in [0, 0.1) is 0 Å². The summed E-state index contributed by atoms with van der Waals surface area (Å²) in [5.41, 5.74) is 4.71. The van der Waals surface area contributed by atoms with Crippen LogP contribution in [-0.4, -0.2) is 22.0 Å². The molecule has 1 heterocycles. The minimum absolute atomic E-state index is 0.0644. The van der Waals surface area contributed by atoms with Crippen molar-refractivity contribution in [3.63, 3.8) is 0 Å². The number of rotatable bonds is 4. The molecule has 1 aliphatic rings. The zero-order valence-electron chi connectivity index (χ0n) is 13.6. The number of amides is 2. The fourth-order valence-electron chi connectivity index (χ4n) is 2.99. The first-order valence-electron chi connectivity index (χ1n) is 8.34. The molecule has 1 aromatic heterocycles. The van der Waals surface area contributed by atoms with Crippen molar-refractivity contribution in [3.05, 3.63) is 58.6 Å². The Kier molecular flexibility index (Phi) is 4.59. The Hall–Kier alpha value is -2.11. The van der Waals surface area contributed by atoms with Crippen LogP contribution in [0.15, 0.2) is 48.0 Å². The molecule has 0 saturated heterocycles. The maximum atomic E-state index is 12.8. The van der Waals surface area contributed by atoms with Gasteiger partial charge in [0.1, 0.15) is 0 Å². The standard InChI is InChI=1S/C19H18ClN3OS/c20-14-5-7-15(8-6-14)22-19(24)23(16-2-1-3-16)11-13-4-9-18-17(10-13)21-12-25-18/h4-10,12,16H,1-3,11H2,(H,22,24). The van der Waals surface area contributed by atoms with E-state index in [1.807, 2.05) is 22.5 Å². The number of aromatic nitrogens is 1. The van der Waals surface area contributed by atoms with Crippen LogP contribution < -0.4 is 5.32 Å². The lowest BCUT2D eigenvalue weighted by atomic mass is 9.91. The monoisotopic (exact) mass is 371 g/mol. The first kappa shape index (κ1) is 16.4. The molecule has 4 rings (SSSR count). The van der Waals surface area contributed by atoms with Crippen molar-refractivity contribution in [2.75, 3.05) is 5.32 Å². The lowest BCUT2D eigenvalue weighted by Crippen LogP contribution is -2.45. The molecule has 1 aliphatic carbocycles. The van der Waals surface area contributed by atoms with Crippen LogP contribution in [0.3, 0.4) is 0 Å². The number of halogens is 1. The fraction of sp³-hybridized carbons (Fsp3) is 0.263. The van der Waals surface area contributed by atoms with Gasteiger partial charge in [0.15, 0.2) is 0 Å². The van der Waals surface area contributed by atoms with Gasteiger partial charge in [-0.25, -0.2) is 9.78 Å². The Morgan fingerprint density at radius 1 is 1.24 bits per heavy atom. The van der Waals surface area contributed by atoms with Crippen molar-refractivity contribution in [3.8, 4) is 0 Å². The van der Waals surface area contributed by atoms with E-state index in [-0.39, 0.29) is 6.03 Å². The zero-order chi connectivity index (χ0) is 17.2. The summed E-state index contributed by atoms with van der Waals surface area (Å²) in [5, 5.41) is 3.64. The van der Waals surface area contributed by atoms with Crippen molar-refractivity contribution in [1.82, 2.24) is 9.88 Å². The lowest BCUT2D eigenvalue weighted by Gasteiger charge is -2.37. The topological polar surface area (TPSA) is 45.2 Å². The van der Waals surface area contributed by atoms with Crippen LogP contribution in [-0.2, 0) is 6.54 Å². The predicted octanol–water partition coefficient (Wildman–Crippen LogP) is 5.54. The third-order valence-electron chi connectivity index (χ3n) is 4.62. The third kappa shape index (κ3) is 3.62. The van der Waals surface area contributed by atoms with Gasteiger partial charge in [-0.3, -0.25) is 0 Å². The number of hydrogen-bond acceptors (Lipinski definition) is 3. The van der Waals surface area contributed by atoms with Crippen molar-refractivity contribution >= 4 is 44.9 Å². The van der Waals surface area contributed by atoms with Gasteiger partial charge in [0.2, 0.25) is 0 Å². The maximum absolute atomic E-state index is 12.8. The molecule has 128 valence electrons. The van der Waals surface area contributed by atoms with E-state index < -0.39 is 0 Å². The molecule has 1 saturated carbocycles. The molecule has 1 fully saturated rings. The van der Waals surface area contributed by atoms with E-state index in [0.29, 0.717) is 17.6 Å². The summed E-state index contributed by atoms with van der Waals surface area (Å²) in [6.07, 6.45) is 3.31. The summed E-state index contributed by atoms with van der Waals surface area (Å²) in [6, 6.07) is 13.7. The second-order valence-electron chi connectivity index (χ2n) is 6.30. The summed E-state index contributed by atoms with van der Waals surface area (Å²) >= 11 is 7.54. The van der Waals surface area contributed by atoms with Crippen LogP contribution in [0.2, 0.25) is 5.02 Å². The van der Waals surface area contributed by atoms with E-state index in [2.05, 4.69) is 28.5 Å². The second kappa shape index (κ2) is 7.02. The van der Waals surface area contributed by atoms with Gasteiger partial charge in [0.25, 0.3) is 0 Å². The van der Waals surface area contributed by atoms with Gasteiger partial charge in [-0.05, 0) is 61.2 Å². The van der Waals surface area contributed by atoms with E-state index in [1.165, 1.54) is 11.1 Å². The molecule has 0 bridgehead atoms. The Bertz CT molecular complexity index is 889. The highest BCUT2D eigenvalue weighted by molar-refractivity contribution is 7.16. The van der Waals surface area contributed by atoms with E-state index in [9.17, 15) is 4.79 Å². The molecule has 0 atom stereocenters. The minimum atomic E-state index is -0.0644. The lowest BCUT2D eigenvalue weighted by molar-refractivity contribution is 0.143. The third-order valence-corrected chi connectivity index (χ3v) is 5.68. The van der Waals surface area contributed by atoms with Crippen molar-refractivity contribution in [1.29, 1.82) is 0 Å². The highest BCUT2D eigenvalue weighted by Crippen LogP contribution is 2.28. The van der Waals surface area contributed by atoms with E-state index in [0.717, 1.165) is 29.6 Å². The summed E-state index contributed by atoms with van der Waals surface area (Å²) < 4.78 is 1.17. The molecule has 6 heteroatoms. The largest absolute Gasteiger partial charge is 0.322 e. The number of urea groups is 1. The minimum Gasteiger partial charge on any atom is -0.317 e. The van der Waals surface area contributed by atoms with Crippen LogP contribution in [0.25, 0.3) is 10.2 Å². The molecule has 4 nitrogen and oxygen atoms in total. The molecule has 0 spiro atoms. The Morgan fingerprint density at radius 2 is 2.04 bits per heavy atom. The van der Waals surface area contributed by atoms with Gasteiger partial charge in [-0.1, -0.05) is 17.7 Å². The molecule has 2 amide bonds. The molecule has 0 radical (unpaired) electrons. The van der Waals surface area contributed by atoms with E-state index >= 15 is 0 Å². The number of carbonyl (C=O) groups excluding carboxylic acids is 1. The number of nitrogens with one attached hydrogen (secondary N) is 1. The summed E-state index contributed by atoms with van der Waals surface area (Å²) in [4.78, 5) is 19.1. The normalized spacial score (nSPS) is 14.3. The summed E-state index contributed by atoms with van der Waals surface area (Å²) in [5.74, 6) is 0. The summed E-state index contributed by atoms with van der Waals surface area (Å²) in [6.45, 7) is 0.595. The first-order valence-corrected chi connectivity index (χ1v) is 9.60. The number of benzene rings is 2. The average Bonchev–Trinajstić information content (AvgIpc) is 3.02. The number of thiazole rings is 1. The number of anilines is 1. The SMILES string of the molecule is O=C(Nc1ccc(Cl)cc1)N(Cc1ccc2scnc2c1)C1CCC1. The molecule has 25 heavy (non-hydrogen) atoms. The second-order valence-corrected chi connectivity index (χ2v) is 7.63. The number of hydrogen-bond donors (Lipinski definition) is 1. The first-order chi connectivity index (χ1) is 12.2. The van der Waals surface area contributed by atoms with Gasteiger partial charge in [-0.2, -0.15) is 0 Å². The van der Waals surface area contributed by atoms with Crippen molar-refractivity contribution in [2.24, 2.45) is 0 Å². The van der Waals surface area contributed by atoms with Crippen molar-refractivity contribution < 1.29 is 4.79 Å². The van der Waals surface area contributed by atoms with Crippen LogP contribution in [0.5, 0.6) is 0 Å². The van der Waals surface area contributed by atoms with E-state index in [1.54, 1.807) is 23.5 Å². The molecule has 1 N–H and O–H groups in total. The van der Waals surface area contributed by atoms with Crippen molar-refractivity contribution in [2.45, 2.75) is 31.8 Å². The predicted molar refractivity (Wildman–Crippen MR) is 103 cm³/mol. The van der Waals surface area contributed by atoms with Gasteiger partial charge in [0, 0.05) is 23.3 Å². The number of fused-ring (bicyclic) bond motifs is 1. The Balaban J connectivity index is 1.52. The van der Waals surface area contributed by atoms with Gasteiger partial charge >= 0.3 is 6.03 Å². The highest BCUT2D eigenvalue weighted by atomic mass is 35.5. The molecule has 0 unspecified atom stereocenters. The molecular formula is C19H18ClN3OS. The maximum Gasteiger partial charge on any atom is 0.322 e. The van der Waals surface area contributed by atoms with E-state index in [4.69, 9.17) is 11.6 Å². The van der Waals surface area contributed by atoms with Gasteiger partial charge in [-0.15, -0.1) is 11.3 Å². The Labute approximate surface area is 155 Å². The smallest absolute Gasteiger partial charge is 0.317 e. The molecule has 2 aromatic carbocycles. The Morgan fingerprint density at radius 3 is 2.76 bits per heavy atom. The molecule has 3 aromatic rings. The molecular weight excluding hydrogens is 354 g/mol. The fourth-order valence-corrected chi connectivity index (χ4v) is 3.78. The van der Waals surface area contributed by atoms with Gasteiger partial charge < -0.3 is 10.2 Å².